The number of anilines is 3. The molecular formula is C52H61N2OSi. The molecule has 3 heterocycles. The molecule has 7 rings (SSSR count). The number of hydrogen-bond acceptors (Lipinski definition) is 3. The van der Waals surface area contributed by atoms with Crippen LogP contribution in [-0.2, 0) is 10.8 Å². The molecular weight excluding hydrogens is 697 g/mol. The van der Waals surface area contributed by atoms with Gasteiger partial charge in [-0.25, -0.2) is 0 Å². The lowest BCUT2D eigenvalue weighted by molar-refractivity contribution is 0.247. The van der Waals surface area contributed by atoms with Crippen LogP contribution < -0.4 is 19.7 Å². The fourth-order valence-corrected chi connectivity index (χ4v) is 12.6. The second-order valence-corrected chi connectivity index (χ2v) is 19.7. The molecule has 0 saturated heterocycles. The van der Waals surface area contributed by atoms with E-state index < -0.39 is 8.80 Å². The SMILES string of the molecule is C=CC1=C(/C=C\C)N(/C(C=C)=C/C=C2\COc3cc(N4c5ccccc5C(C)(C)C5CCCCCC4C5)ccc3[Si]2/C(C)=C/C=C\C)c2ccccc2C1(C)C. The van der Waals surface area contributed by atoms with Crippen LogP contribution in [0.15, 0.2) is 162 Å². The average Bonchev–Trinajstić information content (AvgIpc) is 3.28. The molecule has 1 aliphatic carbocycles. The van der Waals surface area contributed by atoms with E-state index in [9.17, 15) is 0 Å². The minimum absolute atomic E-state index is 0.122. The molecule has 289 valence electrons. The van der Waals surface area contributed by atoms with Gasteiger partial charge in [0, 0.05) is 40.3 Å². The van der Waals surface area contributed by atoms with Gasteiger partial charge in [-0.05, 0) is 115 Å². The Balaban J connectivity index is 1.32. The van der Waals surface area contributed by atoms with E-state index in [0.29, 0.717) is 18.6 Å². The van der Waals surface area contributed by atoms with Crippen molar-refractivity contribution in [2.45, 2.75) is 104 Å². The average molecular weight is 758 g/mol. The van der Waals surface area contributed by atoms with Crippen LogP contribution >= 0.6 is 0 Å². The molecule has 4 heteroatoms. The van der Waals surface area contributed by atoms with Crippen molar-refractivity contribution in [2.75, 3.05) is 16.4 Å². The first kappa shape index (κ1) is 39.4. The molecule has 4 aliphatic rings. The standard InChI is InChI=1S/C52H61N2OSi/c1-10-14-23-37(5)56-42(32-30-39(12-3)54-46(22-11-2)43(13-4)52(8,9)45-27-19-21-29-48(45)54)36-55-49-35-41(31-33-50(49)56)53-40-25-17-15-16-24-38(34-40)51(6,7)44-26-18-20-28-47(44)53/h10-14,18-23,26-33,35,38,40H,3-4,15-17,24-25,34,36H2,1-2,5-9H3/b14-10-,22-11-,37-23+,39-30+,42-32+. The number of ether oxygens (including phenoxy) is 1. The normalized spacial score (nSPS) is 23.2. The van der Waals surface area contributed by atoms with Crippen molar-refractivity contribution >= 4 is 31.0 Å². The Morgan fingerprint density at radius 3 is 2.32 bits per heavy atom. The van der Waals surface area contributed by atoms with Gasteiger partial charge in [0.2, 0.25) is 0 Å². The largest absolute Gasteiger partial charge is 0.490 e. The molecule has 56 heavy (non-hydrogen) atoms. The lowest BCUT2D eigenvalue weighted by Crippen LogP contribution is -2.42. The molecule has 1 radical (unpaired) electrons. The second-order valence-electron chi connectivity index (χ2n) is 17.0. The first-order valence-corrected chi connectivity index (χ1v) is 22.3. The van der Waals surface area contributed by atoms with Crippen LogP contribution in [0.2, 0.25) is 0 Å². The molecule has 0 N–H and O–H groups in total. The molecule has 2 bridgehead atoms. The summed E-state index contributed by atoms with van der Waals surface area (Å²) in [6, 6.07) is 25.6. The van der Waals surface area contributed by atoms with Crippen molar-refractivity contribution in [1.82, 2.24) is 0 Å². The number of benzene rings is 3. The van der Waals surface area contributed by atoms with Gasteiger partial charge in [0.25, 0.3) is 0 Å². The highest BCUT2D eigenvalue weighted by Crippen LogP contribution is 2.51. The van der Waals surface area contributed by atoms with Gasteiger partial charge in [0.1, 0.15) is 12.4 Å². The molecule has 1 fully saturated rings. The zero-order valence-corrected chi connectivity index (χ0v) is 35.9. The fraction of sp³-hybridized carbons (Fsp3) is 0.346. The van der Waals surface area contributed by atoms with Crippen LogP contribution in [-0.4, -0.2) is 21.4 Å². The maximum atomic E-state index is 6.83. The van der Waals surface area contributed by atoms with Gasteiger partial charge in [0.15, 0.2) is 8.80 Å². The summed E-state index contributed by atoms with van der Waals surface area (Å²) in [5.41, 5.74) is 9.81. The Kier molecular flexibility index (Phi) is 11.5. The number of para-hydroxylation sites is 2. The van der Waals surface area contributed by atoms with Crippen molar-refractivity contribution in [3.8, 4) is 5.75 Å². The van der Waals surface area contributed by atoms with Crippen molar-refractivity contribution in [3.05, 3.63) is 173 Å². The van der Waals surface area contributed by atoms with Crippen LogP contribution in [0.25, 0.3) is 0 Å². The summed E-state index contributed by atoms with van der Waals surface area (Å²) >= 11 is 0. The summed E-state index contributed by atoms with van der Waals surface area (Å²) in [4.78, 5) is 5.04. The zero-order chi connectivity index (χ0) is 39.6. The van der Waals surface area contributed by atoms with Crippen molar-refractivity contribution in [1.29, 1.82) is 0 Å². The summed E-state index contributed by atoms with van der Waals surface area (Å²) in [5, 5.41) is 4.03. The summed E-state index contributed by atoms with van der Waals surface area (Å²) in [7, 11) is -1.31. The summed E-state index contributed by atoms with van der Waals surface area (Å²) < 4.78 is 6.83. The predicted molar refractivity (Wildman–Crippen MR) is 243 cm³/mol. The fourth-order valence-electron chi connectivity index (χ4n) is 10.00. The van der Waals surface area contributed by atoms with Gasteiger partial charge < -0.3 is 14.5 Å². The molecule has 0 aromatic heterocycles. The Hall–Kier alpha value is -4.80. The van der Waals surface area contributed by atoms with Crippen molar-refractivity contribution in [3.63, 3.8) is 0 Å². The Morgan fingerprint density at radius 1 is 0.857 bits per heavy atom. The Labute approximate surface area is 339 Å². The van der Waals surface area contributed by atoms with E-state index >= 15 is 0 Å². The molecule has 0 spiro atoms. The zero-order valence-electron chi connectivity index (χ0n) is 34.9. The summed E-state index contributed by atoms with van der Waals surface area (Å²) in [6.45, 7) is 25.2. The molecule has 3 aromatic rings. The van der Waals surface area contributed by atoms with Crippen LogP contribution in [0.5, 0.6) is 5.75 Å². The third kappa shape index (κ3) is 7.06. The van der Waals surface area contributed by atoms with Crippen LogP contribution in [0.4, 0.5) is 17.1 Å². The number of nitrogens with zero attached hydrogens (tertiary/aromatic N) is 2. The van der Waals surface area contributed by atoms with Crippen LogP contribution in [0.1, 0.15) is 98.1 Å². The van der Waals surface area contributed by atoms with Gasteiger partial charge in [-0.1, -0.05) is 144 Å². The quantitative estimate of drug-likeness (QED) is 0.168. The summed E-state index contributed by atoms with van der Waals surface area (Å²) in [6.07, 6.45) is 27.2. The molecule has 3 aliphatic heterocycles. The molecule has 0 amide bonds. The monoisotopic (exact) mass is 757 g/mol. The van der Waals surface area contributed by atoms with Gasteiger partial charge in [0.05, 0.1) is 5.69 Å². The first-order chi connectivity index (χ1) is 27.1. The number of hydrogen-bond donors (Lipinski definition) is 0. The van der Waals surface area contributed by atoms with Crippen molar-refractivity contribution < 1.29 is 4.74 Å². The van der Waals surface area contributed by atoms with Crippen molar-refractivity contribution in [2.24, 2.45) is 5.92 Å². The minimum atomic E-state index is -1.31. The molecule has 2 unspecified atom stereocenters. The molecule has 3 nitrogen and oxygen atoms in total. The van der Waals surface area contributed by atoms with E-state index in [1.165, 1.54) is 87.9 Å². The lowest BCUT2D eigenvalue weighted by Gasteiger charge is -2.42. The Bertz CT molecular complexity index is 2170. The maximum Gasteiger partial charge on any atom is 0.154 e. The van der Waals surface area contributed by atoms with Gasteiger partial charge in [-0.3, -0.25) is 0 Å². The van der Waals surface area contributed by atoms with E-state index in [-0.39, 0.29) is 10.8 Å². The highest BCUT2D eigenvalue weighted by Gasteiger charge is 2.42. The van der Waals surface area contributed by atoms with Gasteiger partial charge in [-0.2, -0.15) is 0 Å². The van der Waals surface area contributed by atoms with E-state index in [4.69, 9.17) is 4.74 Å². The third-order valence-corrected chi connectivity index (χ3v) is 15.9. The van der Waals surface area contributed by atoms with E-state index in [0.717, 1.165) is 17.1 Å². The minimum Gasteiger partial charge on any atom is -0.490 e. The highest BCUT2D eigenvalue weighted by molar-refractivity contribution is 6.86. The molecule has 2 atom stereocenters. The lowest BCUT2D eigenvalue weighted by atomic mass is 9.68. The predicted octanol–water partition coefficient (Wildman–Crippen LogP) is 13.0. The van der Waals surface area contributed by atoms with E-state index in [1.807, 2.05) is 12.2 Å². The molecule has 3 aromatic carbocycles. The second kappa shape index (κ2) is 16.4. The van der Waals surface area contributed by atoms with Gasteiger partial charge >= 0.3 is 0 Å². The maximum absolute atomic E-state index is 6.83. The number of rotatable bonds is 8. The Morgan fingerprint density at radius 2 is 1.59 bits per heavy atom. The number of allylic oxidation sites excluding steroid dienone is 11. The third-order valence-electron chi connectivity index (χ3n) is 13.0. The summed E-state index contributed by atoms with van der Waals surface area (Å²) in [5.74, 6) is 1.69. The molecule has 1 saturated carbocycles. The van der Waals surface area contributed by atoms with E-state index in [1.54, 1.807) is 0 Å². The highest BCUT2D eigenvalue weighted by atomic mass is 28.3. The topological polar surface area (TPSA) is 15.7 Å². The smallest absolute Gasteiger partial charge is 0.154 e. The van der Waals surface area contributed by atoms with E-state index in [2.05, 4.69) is 181 Å². The van der Waals surface area contributed by atoms with Crippen LogP contribution in [0, 0.1) is 5.92 Å². The van der Waals surface area contributed by atoms with Gasteiger partial charge in [-0.15, -0.1) is 0 Å². The first-order valence-electron chi connectivity index (χ1n) is 20.8. The van der Waals surface area contributed by atoms with Crippen LogP contribution in [0.3, 0.4) is 0 Å². The number of fused-ring (bicyclic) bond motifs is 5.